The van der Waals surface area contributed by atoms with E-state index in [0.717, 1.165) is 33.9 Å². The number of para-hydroxylation sites is 1. The number of ether oxygens (including phenoxy) is 4. The van der Waals surface area contributed by atoms with Crippen LogP contribution in [0.3, 0.4) is 0 Å². The molecule has 0 saturated carbocycles. The maximum atomic E-state index is 11.3. The van der Waals surface area contributed by atoms with E-state index in [0.29, 0.717) is 58.1 Å². The predicted octanol–water partition coefficient (Wildman–Crippen LogP) is 3.61. The molecule has 9 nitrogen and oxygen atoms in total. The van der Waals surface area contributed by atoms with Gasteiger partial charge in [0, 0.05) is 25.9 Å². The molecular formula is C31H37N3O6. The molecule has 0 aliphatic carbocycles. The summed E-state index contributed by atoms with van der Waals surface area (Å²) in [5.74, 6) is 2.27. The average molecular weight is 548 g/mol. The van der Waals surface area contributed by atoms with E-state index in [1.165, 1.54) is 0 Å². The minimum absolute atomic E-state index is 0.0537. The van der Waals surface area contributed by atoms with Gasteiger partial charge < -0.3 is 29.4 Å². The molecule has 0 fully saturated rings. The standard InChI is InChI=1S/C31H37N3O6/c1-23-19-25(29-12-14-31(36)34-33-29)9-13-30(23)39-16-15-32-20-26(35)22-40-28-10-7-24(8-11-28)21-37-17-18-38-27-5-3-2-4-6-27/h2-11,13,19,26,32,35H,12,14-18,20-22H2,1H3,(H,34,36). The Morgan fingerprint density at radius 3 is 2.48 bits per heavy atom. The van der Waals surface area contributed by atoms with Crippen molar-refractivity contribution in [3.8, 4) is 17.2 Å². The van der Waals surface area contributed by atoms with Crippen molar-refractivity contribution in [3.63, 3.8) is 0 Å². The summed E-state index contributed by atoms with van der Waals surface area (Å²) in [4.78, 5) is 11.3. The van der Waals surface area contributed by atoms with E-state index in [1.54, 1.807) is 0 Å². The summed E-state index contributed by atoms with van der Waals surface area (Å²) in [6, 6.07) is 23.2. The number of aliphatic hydroxyl groups is 1. The fraction of sp³-hybridized carbons (Fsp3) is 0.355. The topological polar surface area (TPSA) is 111 Å². The summed E-state index contributed by atoms with van der Waals surface area (Å²) < 4.78 is 22.9. The molecule has 1 amide bonds. The molecule has 3 N–H and O–H groups in total. The van der Waals surface area contributed by atoms with Crippen molar-refractivity contribution in [2.75, 3.05) is 39.5 Å². The smallest absolute Gasteiger partial charge is 0.240 e. The minimum atomic E-state index is -0.648. The van der Waals surface area contributed by atoms with Crippen LogP contribution in [0.4, 0.5) is 0 Å². The number of nitrogens with one attached hydrogen (secondary N) is 2. The van der Waals surface area contributed by atoms with Gasteiger partial charge in [-0.15, -0.1) is 0 Å². The number of carbonyl (C=O) groups excluding carboxylic acids is 1. The van der Waals surface area contributed by atoms with Gasteiger partial charge in [-0.2, -0.15) is 5.10 Å². The van der Waals surface area contributed by atoms with Crippen LogP contribution in [-0.4, -0.2) is 62.3 Å². The molecule has 0 radical (unpaired) electrons. The van der Waals surface area contributed by atoms with E-state index in [-0.39, 0.29) is 12.5 Å². The monoisotopic (exact) mass is 547 g/mol. The molecule has 212 valence electrons. The third-order valence-corrected chi connectivity index (χ3v) is 6.20. The number of aryl methyl sites for hydroxylation is 1. The Bertz CT molecular complexity index is 1230. The summed E-state index contributed by atoms with van der Waals surface area (Å²) in [5.41, 5.74) is 6.42. The van der Waals surface area contributed by atoms with E-state index < -0.39 is 6.10 Å². The van der Waals surface area contributed by atoms with Crippen molar-refractivity contribution in [2.45, 2.75) is 32.5 Å². The lowest BCUT2D eigenvalue weighted by Crippen LogP contribution is -2.33. The highest BCUT2D eigenvalue weighted by Gasteiger charge is 2.14. The molecule has 0 spiro atoms. The first-order valence-electron chi connectivity index (χ1n) is 13.5. The first kappa shape index (κ1) is 29.1. The molecule has 4 rings (SSSR count). The van der Waals surface area contributed by atoms with Crippen molar-refractivity contribution >= 4 is 11.6 Å². The Labute approximate surface area is 235 Å². The fourth-order valence-corrected chi connectivity index (χ4v) is 4.03. The number of rotatable bonds is 16. The molecule has 9 heteroatoms. The lowest BCUT2D eigenvalue weighted by molar-refractivity contribution is -0.121. The van der Waals surface area contributed by atoms with Crippen LogP contribution in [-0.2, 0) is 16.1 Å². The molecule has 3 aromatic carbocycles. The lowest BCUT2D eigenvalue weighted by Gasteiger charge is -2.15. The van der Waals surface area contributed by atoms with E-state index in [9.17, 15) is 9.90 Å². The molecule has 40 heavy (non-hydrogen) atoms. The Hall–Kier alpha value is -3.92. The van der Waals surface area contributed by atoms with Gasteiger partial charge in [-0.25, -0.2) is 5.43 Å². The second-order valence-electron chi connectivity index (χ2n) is 9.45. The zero-order valence-corrected chi connectivity index (χ0v) is 22.8. The van der Waals surface area contributed by atoms with E-state index in [4.69, 9.17) is 18.9 Å². The largest absolute Gasteiger partial charge is 0.492 e. The van der Waals surface area contributed by atoms with E-state index in [2.05, 4.69) is 15.8 Å². The highest BCUT2D eigenvalue weighted by molar-refractivity contribution is 6.04. The van der Waals surface area contributed by atoms with Gasteiger partial charge in [-0.3, -0.25) is 4.79 Å². The Balaban J connectivity index is 1.05. The zero-order valence-electron chi connectivity index (χ0n) is 22.8. The number of aliphatic hydroxyl groups excluding tert-OH is 1. The number of hydrogen-bond donors (Lipinski definition) is 3. The average Bonchev–Trinajstić information content (AvgIpc) is 2.98. The van der Waals surface area contributed by atoms with Crippen molar-refractivity contribution in [3.05, 3.63) is 89.5 Å². The first-order valence-corrected chi connectivity index (χ1v) is 13.5. The molecule has 0 aromatic heterocycles. The molecule has 1 aliphatic heterocycles. The normalized spacial score (nSPS) is 13.8. The maximum absolute atomic E-state index is 11.3. The third kappa shape index (κ3) is 9.68. The Morgan fingerprint density at radius 2 is 1.73 bits per heavy atom. The molecule has 1 heterocycles. The minimum Gasteiger partial charge on any atom is -0.492 e. The van der Waals surface area contributed by atoms with Crippen LogP contribution in [0.2, 0.25) is 0 Å². The van der Waals surface area contributed by atoms with Crippen LogP contribution >= 0.6 is 0 Å². The van der Waals surface area contributed by atoms with Gasteiger partial charge in [-0.05, 0) is 66.1 Å². The predicted molar refractivity (Wildman–Crippen MR) is 153 cm³/mol. The highest BCUT2D eigenvalue weighted by Crippen LogP contribution is 2.21. The van der Waals surface area contributed by atoms with Crippen molar-refractivity contribution in [2.24, 2.45) is 5.10 Å². The van der Waals surface area contributed by atoms with Gasteiger partial charge in [0.05, 0.1) is 18.9 Å². The van der Waals surface area contributed by atoms with Crippen LogP contribution in [0.15, 0.2) is 77.9 Å². The quantitative estimate of drug-likeness (QED) is 0.235. The maximum Gasteiger partial charge on any atom is 0.240 e. The molecule has 0 bridgehead atoms. The van der Waals surface area contributed by atoms with Crippen LogP contribution in [0.1, 0.15) is 29.5 Å². The van der Waals surface area contributed by atoms with Crippen molar-refractivity contribution in [1.29, 1.82) is 0 Å². The molecule has 1 unspecified atom stereocenters. The fourth-order valence-electron chi connectivity index (χ4n) is 4.03. The van der Waals surface area contributed by atoms with E-state index in [1.807, 2.05) is 79.7 Å². The molecule has 1 aliphatic rings. The summed E-state index contributed by atoms with van der Waals surface area (Å²) in [5, 5.41) is 17.6. The third-order valence-electron chi connectivity index (χ3n) is 6.20. The summed E-state index contributed by atoms with van der Waals surface area (Å²) >= 11 is 0. The van der Waals surface area contributed by atoms with Crippen molar-refractivity contribution in [1.82, 2.24) is 10.7 Å². The summed E-state index contributed by atoms with van der Waals surface area (Å²) in [6.07, 6.45) is 0.436. The summed E-state index contributed by atoms with van der Waals surface area (Å²) in [6.45, 7) is 5.10. The van der Waals surface area contributed by atoms with Gasteiger partial charge in [0.15, 0.2) is 0 Å². The second-order valence-corrected chi connectivity index (χ2v) is 9.45. The van der Waals surface area contributed by atoms with Gasteiger partial charge >= 0.3 is 0 Å². The second kappa shape index (κ2) is 15.6. The highest BCUT2D eigenvalue weighted by atomic mass is 16.5. The Morgan fingerprint density at radius 1 is 0.925 bits per heavy atom. The number of amides is 1. The van der Waals surface area contributed by atoms with Crippen LogP contribution < -0.4 is 25.0 Å². The van der Waals surface area contributed by atoms with Gasteiger partial charge in [0.25, 0.3) is 0 Å². The van der Waals surface area contributed by atoms with Gasteiger partial charge in [-0.1, -0.05) is 30.3 Å². The number of nitrogens with zero attached hydrogens (tertiary/aromatic N) is 1. The molecule has 3 aromatic rings. The number of hydrogen-bond acceptors (Lipinski definition) is 8. The molecule has 1 atom stereocenters. The van der Waals surface area contributed by atoms with Gasteiger partial charge in [0.2, 0.25) is 5.91 Å². The zero-order chi connectivity index (χ0) is 28.0. The number of benzene rings is 3. The van der Waals surface area contributed by atoms with Crippen LogP contribution in [0, 0.1) is 6.92 Å². The first-order chi connectivity index (χ1) is 19.6. The lowest BCUT2D eigenvalue weighted by atomic mass is 10.0. The van der Waals surface area contributed by atoms with Crippen LogP contribution in [0.25, 0.3) is 0 Å². The van der Waals surface area contributed by atoms with Crippen molar-refractivity contribution < 1.29 is 28.8 Å². The van der Waals surface area contributed by atoms with E-state index >= 15 is 0 Å². The Kier molecular flexibility index (Phi) is 11.3. The van der Waals surface area contributed by atoms with Crippen LogP contribution in [0.5, 0.6) is 17.2 Å². The summed E-state index contributed by atoms with van der Waals surface area (Å²) in [7, 11) is 0. The molecular weight excluding hydrogens is 510 g/mol. The SMILES string of the molecule is Cc1cc(C2=NNC(=O)CC2)ccc1OCCNCC(O)COc1ccc(COCCOc2ccccc2)cc1. The molecule has 0 saturated heterocycles. The number of hydrazone groups is 1. The van der Waals surface area contributed by atoms with Gasteiger partial charge in [0.1, 0.15) is 43.2 Å². The number of carbonyl (C=O) groups is 1.